The summed E-state index contributed by atoms with van der Waals surface area (Å²) in [5.41, 5.74) is 0.448. The highest BCUT2D eigenvalue weighted by Gasteiger charge is 2.57. The summed E-state index contributed by atoms with van der Waals surface area (Å²) in [6, 6.07) is 6.69. The highest BCUT2D eigenvalue weighted by molar-refractivity contribution is 8.00. The first-order chi connectivity index (χ1) is 13.5. The van der Waals surface area contributed by atoms with Crippen molar-refractivity contribution in [3.05, 3.63) is 39.5 Å². The highest BCUT2D eigenvalue weighted by atomic mass is 35.5. The second-order valence-corrected chi connectivity index (χ2v) is 9.18. The van der Waals surface area contributed by atoms with Crippen LogP contribution in [-0.4, -0.2) is 42.7 Å². The number of ether oxygens (including phenoxy) is 2. The number of amides is 2. The molecule has 3 heterocycles. The van der Waals surface area contributed by atoms with Crippen LogP contribution in [0.1, 0.15) is 17.7 Å². The summed E-state index contributed by atoms with van der Waals surface area (Å²) in [4.78, 5) is 28.2. The van der Waals surface area contributed by atoms with Crippen molar-refractivity contribution in [2.24, 2.45) is 0 Å². The molecule has 28 heavy (non-hydrogen) atoms. The molecule has 2 aromatic rings. The Morgan fingerprint density at radius 1 is 1.32 bits per heavy atom. The predicted molar refractivity (Wildman–Crippen MR) is 112 cm³/mol. The Labute approximate surface area is 176 Å². The molecule has 0 radical (unpaired) electrons. The van der Waals surface area contributed by atoms with Gasteiger partial charge in [-0.2, -0.15) is 0 Å². The van der Waals surface area contributed by atoms with E-state index in [0.29, 0.717) is 34.4 Å². The first-order valence-corrected chi connectivity index (χ1v) is 11.0. The zero-order chi connectivity index (χ0) is 19.9. The average molecular weight is 439 g/mol. The second-order valence-electron chi connectivity index (χ2n) is 6.53. The number of nitrogens with one attached hydrogen (secondary N) is 1. The van der Waals surface area contributed by atoms with Crippen LogP contribution in [0.15, 0.2) is 29.6 Å². The number of thiophene rings is 1. The quantitative estimate of drug-likeness (QED) is 0.765. The minimum absolute atomic E-state index is 0.0123. The number of hydrogen-bond acceptors (Lipinski definition) is 6. The number of rotatable bonds is 5. The van der Waals surface area contributed by atoms with E-state index in [4.69, 9.17) is 21.1 Å². The molecule has 0 saturated carbocycles. The topological polar surface area (TPSA) is 67.9 Å². The van der Waals surface area contributed by atoms with E-state index in [1.807, 2.05) is 17.5 Å². The molecule has 1 N–H and O–H groups in total. The number of nitrogens with zero attached hydrogens (tertiary/aromatic N) is 1. The third-order valence-electron chi connectivity index (χ3n) is 5.07. The average Bonchev–Trinajstić information content (AvgIpc) is 3.40. The van der Waals surface area contributed by atoms with Crippen LogP contribution in [-0.2, 0) is 14.5 Å². The smallest absolute Gasteiger partial charge is 0.248 e. The van der Waals surface area contributed by atoms with E-state index in [-0.39, 0.29) is 11.8 Å². The van der Waals surface area contributed by atoms with E-state index in [9.17, 15) is 9.59 Å². The number of benzene rings is 1. The number of thioether (sulfide) groups is 1. The van der Waals surface area contributed by atoms with E-state index < -0.39 is 10.9 Å². The van der Waals surface area contributed by atoms with E-state index in [0.717, 1.165) is 11.3 Å². The first-order valence-electron chi connectivity index (χ1n) is 8.72. The summed E-state index contributed by atoms with van der Waals surface area (Å²) in [7, 11) is 3.02. The number of fused-ring (bicyclic) bond motifs is 1. The van der Waals surface area contributed by atoms with Crippen LogP contribution in [0, 0.1) is 0 Å². The number of halogens is 1. The molecular weight excluding hydrogens is 420 g/mol. The van der Waals surface area contributed by atoms with Crippen LogP contribution in [0.5, 0.6) is 11.5 Å². The summed E-state index contributed by atoms with van der Waals surface area (Å²) in [6.45, 7) is 0. The fraction of sp³-hybridized carbons (Fsp3) is 0.368. The molecule has 0 spiro atoms. The molecule has 0 aliphatic carbocycles. The zero-order valence-corrected chi connectivity index (χ0v) is 17.7. The summed E-state index contributed by atoms with van der Waals surface area (Å²) >= 11 is 9.49. The maximum Gasteiger partial charge on any atom is 0.248 e. The molecule has 6 nitrogen and oxygen atoms in total. The van der Waals surface area contributed by atoms with Crippen LogP contribution in [0.2, 0.25) is 5.02 Å². The largest absolute Gasteiger partial charge is 0.495 e. The second kappa shape index (κ2) is 7.50. The molecule has 9 heteroatoms. The van der Waals surface area contributed by atoms with Gasteiger partial charge in [-0.25, -0.2) is 0 Å². The Kier molecular flexibility index (Phi) is 5.20. The van der Waals surface area contributed by atoms with Crippen molar-refractivity contribution in [3.63, 3.8) is 0 Å². The summed E-state index contributed by atoms with van der Waals surface area (Å²) < 4.78 is 10.5. The predicted octanol–water partition coefficient (Wildman–Crippen LogP) is 3.95. The van der Waals surface area contributed by atoms with Crippen molar-refractivity contribution in [3.8, 4) is 11.5 Å². The summed E-state index contributed by atoms with van der Waals surface area (Å²) in [6.07, 6.45) is 1.17. The first kappa shape index (κ1) is 19.4. The van der Waals surface area contributed by atoms with Crippen molar-refractivity contribution >= 4 is 52.2 Å². The van der Waals surface area contributed by atoms with Gasteiger partial charge in [0.15, 0.2) is 0 Å². The molecule has 148 valence electrons. The third-order valence-corrected chi connectivity index (χ3v) is 8.09. The molecule has 0 bridgehead atoms. The molecule has 1 aromatic carbocycles. The van der Waals surface area contributed by atoms with Crippen LogP contribution in [0.25, 0.3) is 0 Å². The Hall–Kier alpha value is -1.90. The molecule has 2 aliphatic rings. The number of carbonyl (C=O) groups is 2. The molecule has 4 rings (SSSR count). The molecule has 2 atom stereocenters. The fourth-order valence-electron chi connectivity index (χ4n) is 3.76. The van der Waals surface area contributed by atoms with E-state index >= 15 is 0 Å². The van der Waals surface area contributed by atoms with Crippen molar-refractivity contribution in [1.29, 1.82) is 0 Å². The lowest BCUT2D eigenvalue weighted by atomic mass is 10.1. The third kappa shape index (κ3) is 3.03. The minimum Gasteiger partial charge on any atom is -0.495 e. The normalized spacial score (nSPS) is 23.6. The van der Waals surface area contributed by atoms with Gasteiger partial charge in [-0.3, -0.25) is 9.59 Å². The van der Waals surface area contributed by atoms with Gasteiger partial charge in [0, 0.05) is 23.1 Å². The van der Waals surface area contributed by atoms with Crippen molar-refractivity contribution in [1.82, 2.24) is 4.90 Å². The van der Waals surface area contributed by atoms with Gasteiger partial charge in [0.2, 0.25) is 11.8 Å². The van der Waals surface area contributed by atoms with Crippen molar-refractivity contribution in [2.45, 2.75) is 23.8 Å². The Bertz CT molecular complexity index is 921. The van der Waals surface area contributed by atoms with E-state index in [2.05, 4.69) is 5.32 Å². The maximum absolute atomic E-state index is 13.1. The van der Waals surface area contributed by atoms with Gasteiger partial charge in [0.25, 0.3) is 0 Å². The SMILES string of the molecule is COc1cc(OC)c(NC(=O)[C@H]2CS[C@@]3(c4cccs4)CCC(=O)N23)cc1Cl. The molecule has 2 amide bonds. The van der Waals surface area contributed by atoms with E-state index in [1.54, 1.807) is 40.1 Å². The van der Waals surface area contributed by atoms with Crippen LogP contribution in [0.4, 0.5) is 5.69 Å². The highest BCUT2D eigenvalue weighted by Crippen LogP contribution is 2.55. The lowest BCUT2D eigenvalue weighted by molar-refractivity contribution is -0.136. The van der Waals surface area contributed by atoms with Gasteiger partial charge < -0.3 is 19.7 Å². The Balaban J connectivity index is 1.61. The van der Waals surface area contributed by atoms with Crippen LogP contribution < -0.4 is 14.8 Å². The van der Waals surface area contributed by atoms with E-state index in [1.165, 1.54) is 14.2 Å². The molecule has 2 saturated heterocycles. The number of anilines is 1. The molecular formula is C19H19ClN2O4S2. The number of methoxy groups -OCH3 is 2. The molecule has 2 aliphatic heterocycles. The molecule has 1 aromatic heterocycles. The number of carbonyl (C=O) groups excluding carboxylic acids is 2. The lowest BCUT2D eigenvalue weighted by Gasteiger charge is -2.32. The fourth-order valence-corrected chi connectivity index (χ4v) is 6.72. The van der Waals surface area contributed by atoms with Gasteiger partial charge >= 0.3 is 0 Å². The Morgan fingerprint density at radius 2 is 2.11 bits per heavy atom. The minimum atomic E-state index is -0.548. The summed E-state index contributed by atoms with van der Waals surface area (Å²) in [5, 5.41) is 5.25. The standard InChI is InChI=1S/C19H19ClN2O4S2/c1-25-14-9-15(26-2)12(8-11(14)20)21-18(24)13-10-28-19(16-4-3-7-27-16)6-5-17(23)22(13)19/h3-4,7-9,13H,5-6,10H2,1-2H3,(H,21,24)/t13-,19-/m1/s1. The number of hydrogen-bond donors (Lipinski definition) is 1. The van der Waals surface area contributed by atoms with Gasteiger partial charge in [-0.05, 0) is 23.9 Å². The van der Waals surface area contributed by atoms with Crippen LogP contribution in [0.3, 0.4) is 0 Å². The monoisotopic (exact) mass is 438 g/mol. The van der Waals surface area contributed by atoms with Gasteiger partial charge in [-0.15, -0.1) is 23.1 Å². The van der Waals surface area contributed by atoms with Crippen LogP contribution >= 0.6 is 34.7 Å². The lowest BCUT2D eigenvalue weighted by Crippen LogP contribution is -2.47. The summed E-state index contributed by atoms with van der Waals surface area (Å²) in [5.74, 6) is 1.21. The van der Waals surface area contributed by atoms with Crippen molar-refractivity contribution in [2.75, 3.05) is 25.3 Å². The molecule has 2 fully saturated rings. The maximum atomic E-state index is 13.1. The van der Waals surface area contributed by atoms with Gasteiger partial charge in [0.05, 0.1) is 24.9 Å². The Morgan fingerprint density at radius 3 is 2.79 bits per heavy atom. The zero-order valence-electron chi connectivity index (χ0n) is 15.4. The van der Waals surface area contributed by atoms with Gasteiger partial charge in [0.1, 0.15) is 22.4 Å². The molecule has 0 unspecified atom stereocenters. The van der Waals surface area contributed by atoms with Gasteiger partial charge in [-0.1, -0.05) is 17.7 Å². The van der Waals surface area contributed by atoms with Crippen molar-refractivity contribution < 1.29 is 19.1 Å².